The average Bonchev–Trinajstić information content (AvgIpc) is 2.69. The van der Waals surface area contributed by atoms with E-state index in [1.807, 2.05) is 0 Å². The summed E-state index contributed by atoms with van der Waals surface area (Å²) >= 11 is 0. The van der Waals surface area contributed by atoms with Crippen LogP contribution in [-0.2, 0) is 11.3 Å². The monoisotopic (exact) mass is 374 g/mol. The Morgan fingerprint density at radius 3 is 2.64 bits per heavy atom. The number of aromatic nitrogens is 2. The number of nitrogens with one attached hydrogen (secondary N) is 2. The van der Waals surface area contributed by atoms with E-state index in [2.05, 4.69) is 21.5 Å². The molecule has 7 heteroatoms. The lowest BCUT2D eigenvalue weighted by atomic mass is 10.1. The largest absolute Gasteiger partial charge is 0.341 e. The number of amides is 2. The van der Waals surface area contributed by atoms with Gasteiger partial charge in [0.2, 0.25) is 5.91 Å². The highest BCUT2D eigenvalue weighted by molar-refractivity contribution is 6.03. The van der Waals surface area contributed by atoms with Gasteiger partial charge in [0.05, 0.1) is 28.7 Å². The fraction of sp³-hybridized carbons (Fsp3) is 0.143. The van der Waals surface area contributed by atoms with Gasteiger partial charge in [-0.1, -0.05) is 30.2 Å². The summed E-state index contributed by atoms with van der Waals surface area (Å²) in [6, 6.07) is 13.5. The van der Waals surface area contributed by atoms with E-state index < -0.39 is 11.8 Å². The molecule has 0 aliphatic carbocycles. The van der Waals surface area contributed by atoms with Gasteiger partial charge in [-0.2, -0.15) is 0 Å². The van der Waals surface area contributed by atoms with Crippen molar-refractivity contribution < 1.29 is 9.59 Å². The van der Waals surface area contributed by atoms with Crippen LogP contribution in [0, 0.1) is 19.3 Å². The smallest absolute Gasteiger partial charge is 0.261 e. The first kappa shape index (κ1) is 18.9. The first-order valence-corrected chi connectivity index (χ1v) is 8.58. The van der Waals surface area contributed by atoms with Crippen molar-refractivity contribution in [3.63, 3.8) is 0 Å². The topological polar surface area (TPSA) is 93.1 Å². The van der Waals surface area contributed by atoms with Crippen LogP contribution >= 0.6 is 0 Å². The predicted molar refractivity (Wildman–Crippen MR) is 107 cm³/mol. The Kier molecular flexibility index (Phi) is 5.51. The van der Waals surface area contributed by atoms with Crippen molar-refractivity contribution in [1.29, 1.82) is 0 Å². The van der Waals surface area contributed by atoms with Gasteiger partial charge >= 0.3 is 0 Å². The van der Waals surface area contributed by atoms with Crippen molar-refractivity contribution in [2.45, 2.75) is 13.5 Å². The number of aryl methyl sites for hydroxylation is 1. The van der Waals surface area contributed by atoms with E-state index in [0.717, 1.165) is 0 Å². The Morgan fingerprint density at radius 1 is 1.14 bits per heavy atom. The number of hydrogen-bond acceptors (Lipinski definition) is 4. The standard InChI is InChI=1S/C21H18N4O3/c1-3-12-22-20(27)15-8-4-6-10-17(15)24-19(26)13-25-14(2)23-18-11-7-5-9-16(18)21(25)28/h1,4-11H,12-13H2,2H3,(H,22,27)(H,24,26). The summed E-state index contributed by atoms with van der Waals surface area (Å²) < 4.78 is 1.30. The number of benzene rings is 2. The van der Waals surface area contributed by atoms with Crippen LogP contribution in [0.2, 0.25) is 0 Å². The third kappa shape index (κ3) is 3.91. The van der Waals surface area contributed by atoms with Crippen molar-refractivity contribution >= 4 is 28.4 Å². The molecular formula is C21H18N4O3. The molecule has 0 atom stereocenters. The van der Waals surface area contributed by atoms with Crippen molar-refractivity contribution in [2.24, 2.45) is 0 Å². The van der Waals surface area contributed by atoms with E-state index >= 15 is 0 Å². The van der Waals surface area contributed by atoms with Crippen molar-refractivity contribution in [3.8, 4) is 12.3 Å². The molecule has 28 heavy (non-hydrogen) atoms. The Hall–Kier alpha value is -3.92. The summed E-state index contributed by atoms with van der Waals surface area (Å²) in [6.45, 7) is 1.53. The number of rotatable bonds is 5. The van der Waals surface area contributed by atoms with Crippen molar-refractivity contribution in [1.82, 2.24) is 14.9 Å². The molecule has 2 amide bonds. The van der Waals surface area contributed by atoms with Gasteiger partial charge in [-0.3, -0.25) is 19.0 Å². The van der Waals surface area contributed by atoms with Gasteiger partial charge in [0.15, 0.2) is 0 Å². The molecule has 3 rings (SSSR count). The molecule has 0 aliphatic heterocycles. The van der Waals surface area contributed by atoms with Gasteiger partial charge in [-0.25, -0.2) is 4.98 Å². The lowest BCUT2D eigenvalue weighted by Crippen LogP contribution is -2.31. The van der Waals surface area contributed by atoms with E-state index in [4.69, 9.17) is 6.42 Å². The molecule has 1 heterocycles. The molecule has 0 aliphatic rings. The number of carbonyl (C=O) groups is 2. The molecule has 2 N–H and O–H groups in total. The van der Waals surface area contributed by atoms with E-state index in [-0.39, 0.29) is 24.2 Å². The minimum atomic E-state index is -0.445. The zero-order valence-electron chi connectivity index (χ0n) is 15.2. The Balaban J connectivity index is 1.85. The van der Waals surface area contributed by atoms with Gasteiger partial charge in [-0.15, -0.1) is 6.42 Å². The fourth-order valence-corrected chi connectivity index (χ4v) is 2.82. The molecule has 2 aromatic carbocycles. The van der Waals surface area contributed by atoms with Crippen LogP contribution in [-0.4, -0.2) is 27.9 Å². The lowest BCUT2D eigenvalue weighted by molar-refractivity contribution is -0.116. The van der Waals surface area contributed by atoms with E-state index in [9.17, 15) is 14.4 Å². The Morgan fingerprint density at radius 2 is 1.86 bits per heavy atom. The van der Waals surface area contributed by atoms with E-state index in [0.29, 0.717) is 22.4 Å². The molecule has 0 saturated heterocycles. The molecule has 3 aromatic rings. The van der Waals surface area contributed by atoms with Crippen molar-refractivity contribution in [2.75, 3.05) is 11.9 Å². The zero-order chi connectivity index (χ0) is 20.1. The lowest BCUT2D eigenvalue weighted by Gasteiger charge is -2.13. The number of nitrogens with zero attached hydrogens (tertiary/aromatic N) is 2. The van der Waals surface area contributed by atoms with Gasteiger partial charge in [-0.05, 0) is 31.2 Å². The highest BCUT2D eigenvalue weighted by Crippen LogP contribution is 2.15. The summed E-state index contributed by atoms with van der Waals surface area (Å²) in [4.78, 5) is 41.8. The quantitative estimate of drug-likeness (QED) is 0.665. The van der Waals surface area contributed by atoms with Crippen molar-refractivity contribution in [3.05, 3.63) is 70.3 Å². The molecule has 1 aromatic heterocycles. The second kappa shape index (κ2) is 8.18. The van der Waals surface area contributed by atoms with E-state index in [1.54, 1.807) is 55.5 Å². The van der Waals surface area contributed by atoms with Crippen LogP contribution < -0.4 is 16.2 Å². The fourth-order valence-electron chi connectivity index (χ4n) is 2.82. The second-order valence-electron chi connectivity index (χ2n) is 6.05. The SMILES string of the molecule is C#CCNC(=O)c1ccccc1NC(=O)Cn1c(C)nc2ccccc2c1=O. The summed E-state index contributed by atoms with van der Waals surface area (Å²) in [5, 5.41) is 5.68. The molecule has 0 fully saturated rings. The molecule has 7 nitrogen and oxygen atoms in total. The highest BCUT2D eigenvalue weighted by atomic mass is 16.2. The van der Waals surface area contributed by atoms with Gasteiger partial charge in [0.1, 0.15) is 12.4 Å². The normalized spacial score (nSPS) is 10.3. The molecule has 0 unspecified atom stereocenters. The number of carbonyl (C=O) groups excluding carboxylic acids is 2. The third-order valence-corrected chi connectivity index (χ3v) is 4.15. The number of anilines is 1. The molecule has 0 radical (unpaired) electrons. The first-order chi connectivity index (χ1) is 13.5. The van der Waals surface area contributed by atoms with Gasteiger partial charge in [0, 0.05) is 0 Å². The summed E-state index contributed by atoms with van der Waals surface area (Å²) in [5.41, 5.74) is 0.906. The van der Waals surface area contributed by atoms with E-state index in [1.165, 1.54) is 4.57 Å². The molecular weight excluding hydrogens is 356 g/mol. The van der Waals surface area contributed by atoms with Crippen LogP contribution in [0.25, 0.3) is 10.9 Å². The van der Waals surface area contributed by atoms with Crippen LogP contribution in [0.3, 0.4) is 0 Å². The molecule has 140 valence electrons. The maximum absolute atomic E-state index is 12.7. The maximum Gasteiger partial charge on any atom is 0.261 e. The maximum atomic E-state index is 12.7. The first-order valence-electron chi connectivity index (χ1n) is 8.58. The Labute approximate surface area is 161 Å². The molecule has 0 spiro atoms. The predicted octanol–water partition coefficient (Wildman–Crippen LogP) is 1.71. The second-order valence-corrected chi connectivity index (χ2v) is 6.05. The van der Waals surface area contributed by atoms with Crippen LogP contribution in [0.15, 0.2) is 53.3 Å². The highest BCUT2D eigenvalue weighted by Gasteiger charge is 2.15. The molecule has 0 bridgehead atoms. The van der Waals surface area contributed by atoms with Crippen LogP contribution in [0.4, 0.5) is 5.69 Å². The average molecular weight is 374 g/mol. The van der Waals surface area contributed by atoms with Crippen LogP contribution in [0.5, 0.6) is 0 Å². The zero-order valence-corrected chi connectivity index (χ0v) is 15.2. The number of para-hydroxylation sites is 2. The summed E-state index contributed by atoms with van der Waals surface area (Å²) in [5.74, 6) is 1.91. The number of hydrogen-bond donors (Lipinski definition) is 2. The van der Waals surface area contributed by atoms with Gasteiger partial charge in [0.25, 0.3) is 11.5 Å². The van der Waals surface area contributed by atoms with Crippen LogP contribution in [0.1, 0.15) is 16.2 Å². The third-order valence-electron chi connectivity index (χ3n) is 4.15. The number of fused-ring (bicyclic) bond motifs is 1. The summed E-state index contributed by atoms with van der Waals surface area (Å²) in [6.07, 6.45) is 5.15. The molecule has 0 saturated carbocycles. The minimum absolute atomic E-state index is 0.0818. The minimum Gasteiger partial charge on any atom is -0.341 e. The van der Waals surface area contributed by atoms with Gasteiger partial charge < -0.3 is 10.6 Å². The number of terminal acetylenes is 1. The summed E-state index contributed by atoms with van der Waals surface area (Å²) in [7, 11) is 0. The Bertz CT molecular complexity index is 1160.